The van der Waals surface area contributed by atoms with Crippen LogP contribution in [-0.2, 0) is 34.7 Å². The van der Waals surface area contributed by atoms with Gasteiger partial charge in [-0.2, -0.15) is 4.31 Å². The molecule has 0 aromatic heterocycles. The number of Topliss-reactive ketones (excluding diaryl/α,β-unsaturated/α-hetero) is 1. The minimum Gasteiger partial charge on any atom is -0.507 e. The molecule has 0 saturated carbocycles. The normalized spacial score (nSPS) is 22.4. The Labute approximate surface area is 245 Å². The van der Waals surface area contributed by atoms with Crippen LogP contribution in [0.4, 0.5) is 5.69 Å². The van der Waals surface area contributed by atoms with Gasteiger partial charge in [0.05, 0.1) is 29.4 Å². The second-order valence-electron chi connectivity index (χ2n) is 10.6. The van der Waals surface area contributed by atoms with Crippen LogP contribution in [0.25, 0.3) is 5.76 Å². The van der Waals surface area contributed by atoms with Crippen molar-refractivity contribution in [2.24, 2.45) is 0 Å². The van der Waals surface area contributed by atoms with Gasteiger partial charge < -0.3 is 24.5 Å². The standard InChI is InChI=1S/C30H34N4O7S/c1-4-13-33-24-12-6-5-11-23(24)30(29(33)38)25(27(36)28(37)34(30)15-8-14-31(2)3)26(35)21-9-7-10-22(20-21)42(39,40)32-16-18-41-19-17-32/h4-7,9-12,20,35H,1,8,13-19H2,2-3H3/b26-25+. The first-order chi connectivity index (χ1) is 20.1. The van der Waals surface area contributed by atoms with E-state index in [1.54, 1.807) is 30.3 Å². The molecule has 11 nitrogen and oxygen atoms in total. The molecule has 222 valence electrons. The fourth-order valence-corrected chi connectivity index (χ4v) is 7.36. The number of fused-ring (bicyclic) bond motifs is 2. The van der Waals surface area contributed by atoms with Gasteiger partial charge in [0.15, 0.2) is 5.54 Å². The minimum absolute atomic E-state index is 0.00227. The van der Waals surface area contributed by atoms with Crippen LogP contribution >= 0.6 is 0 Å². The number of hydrogen-bond donors (Lipinski definition) is 1. The molecule has 3 aliphatic heterocycles. The Morgan fingerprint density at radius 3 is 2.50 bits per heavy atom. The number of aliphatic hydroxyl groups is 1. The lowest BCUT2D eigenvalue weighted by Crippen LogP contribution is -2.52. The number of aliphatic hydroxyl groups excluding tert-OH is 1. The Morgan fingerprint density at radius 1 is 1.10 bits per heavy atom. The van der Waals surface area contributed by atoms with Gasteiger partial charge in [-0.15, -0.1) is 6.58 Å². The van der Waals surface area contributed by atoms with Gasteiger partial charge in [-0.25, -0.2) is 8.42 Å². The number of likely N-dealkylation sites (tertiary alicyclic amines) is 1. The van der Waals surface area contributed by atoms with Crippen molar-refractivity contribution in [1.82, 2.24) is 14.1 Å². The summed E-state index contributed by atoms with van der Waals surface area (Å²) in [7, 11) is -0.176. The monoisotopic (exact) mass is 594 g/mol. The van der Waals surface area contributed by atoms with E-state index in [9.17, 15) is 27.9 Å². The van der Waals surface area contributed by atoms with E-state index in [4.69, 9.17) is 4.74 Å². The lowest BCUT2D eigenvalue weighted by Gasteiger charge is -2.34. The Balaban J connectivity index is 1.71. The lowest BCUT2D eigenvalue weighted by molar-refractivity contribution is -0.143. The molecule has 0 radical (unpaired) electrons. The van der Waals surface area contributed by atoms with Crippen LogP contribution in [0.5, 0.6) is 0 Å². The molecule has 42 heavy (non-hydrogen) atoms. The second kappa shape index (κ2) is 11.4. The molecule has 12 heteroatoms. The Kier molecular flexibility index (Phi) is 8.08. The van der Waals surface area contributed by atoms with Gasteiger partial charge in [-0.1, -0.05) is 36.4 Å². The largest absolute Gasteiger partial charge is 0.507 e. The average Bonchev–Trinajstić information content (AvgIpc) is 3.36. The zero-order valence-electron chi connectivity index (χ0n) is 23.7. The van der Waals surface area contributed by atoms with Crippen molar-refractivity contribution in [1.29, 1.82) is 0 Å². The third kappa shape index (κ3) is 4.64. The number of hydrogen-bond acceptors (Lipinski definition) is 8. The van der Waals surface area contributed by atoms with E-state index >= 15 is 0 Å². The van der Waals surface area contributed by atoms with E-state index in [0.29, 0.717) is 24.2 Å². The minimum atomic E-state index is -3.93. The van der Waals surface area contributed by atoms with Crippen LogP contribution in [0.1, 0.15) is 17.5 Å². The van der Waals surface area contributed by atoms with Crippen molar-refractivity contribution >= 4 is 39.1 Å². The molecule has 1 N–H and O–H groups in total. The number of benzene rings is 2. The maximum atomic E-state index is 14.4. The Morgan fingerprint density at radius 2 is 1.81 bits per heavy atom. The predicted octanol–water partition coefficient (Wildman–Crippen LogP) is 1.77. The molecule has 5 rings (SSSR count). The maximum absolute atomic E-state index is 14.4. The maximum Gasteiger partial charge on any atom is 0.296 e. The highest BCUT2D eigenvalue weighted by Gasteiger charge is 2.66. The van der Waals surface area contributed by atoms with E-state index in [-0.39, 0.29) is 55.4 Å². The number of morpholine rings is 1. The van der Waals surface area contributed by atoms with Gasteiger partial charge in [0.1, 0.15) is 5.76 Å². The molecule has 3 aliphatic rings. The van der Waals surface area contributed by atoms with Crippen LogP contribution in [0.3, 0.4) is 0 Å². The summed E-state index contributed by atoms with van der Waals surface area (Å²) in [6.45, 7) is 5.44. The van der Waals surface area contributed by atoms with Crippen molar-refractivity contribution in [3.63, 3.8) is 0 Å². The number of rotatable bonds is 9. The number of ether oxygens (including phenoxy) is 1. The highest BCUT2D eigenvalue weighted by molar-refractivity contribution is 7.89. The van der Waals surface area contributed by atoms with Crippen LogP contribution in [0.2, 0.25) is 0 Å². The van der Waals surface area contributed by atoms with Crippen LogP contribution in [0.15, 0.2) is 71.7 Å². The number of anilines is 1. The second-order valence-corrected chi connectivity index (χ2v) is 12.6. The van der Waals surface area contributed by atoms with E-state index in [1.807, 2.05) is 19.0 Å². The number of carbonyl (C=O) groups excluding carboxylic acids is 3. The van der Waals surface area contributed by atoms with Crippen LogP contribution in [-0.4, -0.2) is 105 Å². The zero-order chi connectivity index (χ0) is 30.2. The number of sulfonamides is 1. The topological polar surface area (TPSA) is 128 Å². The van der Waals surface area contributed by atoms with E-state index in [1.165, 1.54) is 38.4 Å². The number of ketones is 1. The molecule has 2 saturated heterocycles. The predicted molar refractivity (Wildman–Crippen MR) is 156 cm³/mol. The third-order valence-corrected chi connectivity index (χ3v) is 9.72. The van der Waals surface area contributed by atoms with E-state index in [2.05, 4.69) is 6.58 Å². The zero-order valence-corrected chi connectivity index (χ0v) is 24.5. The molecule has 3 heterocycles. The first kappa shape index (κ1) is 29.6. The van der Waals surface area contributed by atoms with Gasteiger partial charge in [0.2, 0.25) is 10.0 Å². The summed E-state index contributed by atoms with van der Waals surface area (Å²) in [5.74, 6) is -3.10. The molecular weight excluding hydrogens is 560 g/mol. The molecule has 1 spiro atoms. The summed E-state index contributed by atoms with van der Waals surface area (Å²) >= 11 is 0. The molecule has 2 amide bonds. The lowest BCUT2D eigenvalue weighted by atomic mass is 9.82. The van der Waals surface area contributed by atoms with Crippen molar-refractivity contribution in [3.8, 4) is 0 Å². The number of amides is 2. The first-order valence-corrected chi connectivity index (χ1v) is 15.2. The fraction of sp³-hybridized carbons (Fsp3) is 0.367. The van der Waals surface area contributed by atoms with Crippen molar-refractivity contribution in [3.05, 3.63) is 77.9 Å². The summed E-state index contributed by atoms with van der Waals surface area (Å²) in [6.07, 6.45) is 2.01. The van der Waals surface area contributed by atoms with Crippen molar-refractivity contribution in [2.45, 2.75) is 16.9 Å². The van der Waals surface area contributed by atoms with E-state index < -0.39 is 38.9 Å². The summed E-state index contributed by atoms with van der Waals surface area (Å²) in [6, 6.07) is 12.4. The van der Waals surface area contributed by atoms with E-state index in [0.717, 1.165) is 0 Å². The molecule has 1 unspecified atom stereocenters. The molecule has 0 bridgehead atoms. The SMILES string of the molecule is C=CCN1C(=O)C2(/C(=C(/O)c3cccc(S(=O)(=O)N4CCOCC4)c3)C(=O)C(=O)N2CCCN(C)C)c2ccccc21. The van der Waals surface area contributed by atoms with Gasteiger partial charge >= 0.3 is 0 Å². The van der Waals surface area contributed by atoms with Crippen LogP contribution < -0.4 is 4.90 Å². The van der Waals surface area contributed by atoms with Crippen molar-refractivity contribution < 1.29 is 32.6 Å². The number of carbonyl (C=O) groups is 3. The molecule has 1 atom stereocenters. The van der Waals surface area contributed by atoms with Crippen LogP contribution in [0, 0.1) is 0 Å². The molecular formula is C30H34N4O7S. The highest BCUT2D eigenvalue weighted by atomic mass is 32.2. The third-order valence-electron chi connectivity index (χ3n) is 7.82. The molecule has 2 fully saturated rings. The van der Waals surface area contributed by atoms with Gasteiger partial charge in [0.25, 0.3) is 17.6 Å². The smallest absolute Gasteiger partial charge is 0.296 e. The average molecular weight is 595 g/mol. The summed E-state index contributed by atoms with van der Waals surface area (Å²) in [4.78, 5) is 46.4. The van der Waals surface area contributed by atoms with Gasteiger partial charge in [0, 0.05) is 37.3 Å². The summed E-state index contributed by atoms with van der Waals surface area (Å²) < 4.78 is 33.3. The summed E-state index contributed by atoms with van der Waals surface area (Å²) in [5.41, 5.74) is -1.43. The van der Waals surface area contributed by atoms with Gasteiger partial charge in [-0.3, -0.25) is 14.4 Å². The quantitative estimate of drug-likeness (QED) is 0.201. The fourth-order valence-electron chi connectivity index (χ4n) is 5.91. The number of nitrogens with zero attached hydrogens (tertiary/aromatic N) is 4. The van der Waals surface area contributed by atoms with Crippen molar-refractivity contribution in [2.75, 3.05) is 64.9 Å². The van der Waals surface area contributed by atoms with Gasteiger partial charge in [-0.05, 0) is 45.3 Å². The molecule has 2 aromatic rings. The molecule has 2 aromatic carbocycles. The Bertz CT molecular complexity index is 1580. The Hall–Kier alpha value is -3.84. The first-order valence-electron chi connectivity index (χ1n) is 13.7. The highest BCUT2D eigenvalue weighted by Crippen LogP contribution is 2.53. The molecule has 0 aliphatic carbocycles. The summed E-state index contributed by atoms with van der Waals surface area (Å²) in [5, 5.41) is 11.8. The number of para-hydroxylation sites is 1.